The number of amides is 1. The first-order chi connectivity index (χ1) is 12.3. The molecule has 0 bridgehead atoms. The molecule has 1 aliphatic carbocycles. The van der Waals surface area contributed by atoms with E-state index in [1.807, 2.05) is 12.1 Å². The number of furan rings is 1. The molecule has 0 N–H and O–H groups in total. The van der Waals surface area contributed by atoms with E-state index >= 15 is 0 Å². The molecule has 6 nitrogen and oxygen atoms in total. The number of fused-ring (bicyclic) bond motifs is 1. The predicted octanol–water partition coefficient (Wildman–Crippen LogP) is 3.06. The number of hydrogen-bond acceptors (Lipinski definition) is 4. The molecule has 4 heterocycles. The van der Waals surface area contributed by atoms with Crippen molar-refractivity contribution < 1.29 is 9.21 Å². The minimum absolute atomic E-state index is 0.0817. The van der Waals surface area contributed by atoms with Crippen molar-refractivity contribution in [3.63, 3.8) is 0 Å². The first-order valence-electron chi connectivity index (χ1n) is 9.59. The molecule has 3 aliphatic rings. The number of nitrogens with zero attached hydrogens (tertiary/aromatic N) is 4. The third-order valence-electron chi connectivity index (χ3n) is 5.99. The summed E-state index contributed by atoms with van der Waals surface area (Å²) in [4.78, 5) is 15.1. The molecule has 1 saturated heterocycles. The topological polar surface area (TPSA) is 64.2 Å². The fourth-order valence-electron chi connectivity index (χ4n) is 4.55. The molecule has 3 atom stereocenters. The molecule has 0 radical (unpaired) electrons. The Bertz CT molecular complexity index is 766. The van der Waals surface area contributed by atoms with E-state index in [1.54, 1.807) is 6.26 Å². The third-order valence-corrected chi connectivity index (χ3v) is 5.99. The van der Waals surface area contributed by atoms with E-state index in [0.717, 1.165) is 56.2 Å². The molecule has 0 aromatic carbocycles. The average Bonchev–Trinajstić information content (AvgIpc) is 2.98. The number of carbonyl (C=O) groups is 1. The molecular formula is C19H24N4O2. The zero-order chi connectivity index (χ0) is 16.8. The van der Waals surface area contributed by atoms with Crippen molar-refractivity contribution in [2.45, 2.75) is 63.5 Å². The number of carbonyl (C=O) groups excluding carboxylic acids is 1. The van der Waals surface area contributed by atoms with Crippen molar-refractivity contribution in [2.75, 3.05) is 6.54 Å². The van der Waals surface area contributed by atoms with Crippen LogP contribution in [0.1, 0.15) is 67.9 Å². The van der Waals surface area contributed by atoms with Gasteiger partial charge in [-0.15, -0.1) is 10.2 Å². The van der Waals surface area contributed by atoms with E-state index in [-0.39, 0.29) is 23.8 Å². The molecule has 1 saturated carbocycles. The Balaban J connectivity index is 1.36. The van der Waals surface area contributed by atoms with Gasteiger partial charge in [-0.2, -0.15) is 0 Å². The second-order valence-electron chi connectivity index (χ2n) is 7.59. The lowest BCUT2D eigenvalue weighted by molar-refractivity contribution is -0.133. The molecule has 1 amide bonds. The highest BCUT2D eigenvalue weighted by Gasteiger charge is 2.49. The van der Waals surface area contributed by atoms with E-state index < -0.39 is 0 Å². The van der Waals surface area contributed by atoms with E-state index in [0.29, 0.717) is 0 Å². The lowest BCUT2D eigenvalue weighted by Gasteiger charge is -2.25. The Morgan fingerprint density at radius 2 is 2.12 bits per heavy atom. The molecule has 132 valence electrons. The Labute approximate surface area is 147 Å². The van der Waals surface area contributed by atoms with Crippen LogP contribution in [0.3, 0.4) is 0 Å². The van der Waals surface area contributed by atoms with Gasteiger partial charge in [-0.25, -0.2) is 0 Å². The van der Waals surface area contributed by atoms with Crippen LogP contribution >= 0.6 is 0 Å². The minimum Gasteiger partial charge on any atom is -0.469 e. The Morgan fingerprint density at radius 1 is 1.16 bits per heavy atom. The minimum atomic E-state index is 0.0817. The van der Waals surface area contributed by atoms with Gasteiger partial charge in [0.05, 0.1) is 12.3 Å². The van der Waals surface area contributed by atoms with Crippen LogP contribution in [0.5, 0.6) is 0 Å². The average molecular weight is 340 g/mol. The first-order valence-corrected chi connectivity index (χ1v) is 9.59. The fourth-order valence-corrected chi connectivity index (χ4v) is 4.55. The number of rotatable bonds is 3. The molecule has 2 fully saturated rings. The van der Waals surface area contributed by atoms with Gasteiger partial charge in [0.2, 0.25) is 5.91 Å². The van der Waals surface area contributed by atoms with Gasteiger partial charge in [0.15, 0.2) is 5.82 Å². The Hall–Kier alpha value is -2.11. The molecular weight excluding hydrogens is 316 g/mol. The second kappa shape index (κ2) is 6.00. The van der Waals surface area contributed by atoms with Gasteiger partial charge >= 0.3 is 0 Å². The Morgan fingerprint density at radius 3 is 3.00 bits per heavy atom. The maximum absolute atomic E-state index is 13.1. The molecule has 2 aromatic rings. The van der Waals surface area contributed by atoms with Crippen LogP contribution in [0, 0.1) is 5.92 Å². The largest absolute Gasteiger partial charge is 0.469 e. The van der Waals surface area contributed by atoms with E-state index in [9.17, 15) is 4.79 Å². The molecule has 2 aliphatic heterocycles. The highest BCUT2D eigenvalue weighted by atomic mass is 16.3. The van der Waals surface area contributed by atoms with Crippen molar-refractivity contribution >= 4 is 5.91 Å². The monoisotopic (exact) mass is 340 g/mol. The normalized spacial score (nSPS) is 28.6. The van der Waals surface area contributed by atoms with Gasteiger partial charge in [0.1, 0.15) is 11.6 Å². The summed E-state index contributed by atoms with van der Waals surface area (Å²) in [6, 6.07) is 3.99. The van der Waals surface area contributed by atoms with Crippen LogP contribution in [0.15, 0.2) is 22.8 Å². The molecule has 5 rings (SSSR count). The highest BCUT2D eigenvalue weighted by molar-refractivity contribution is 5.83. The van der Waals surface area contributed by atoms with Gasteiger partial charge in [0.25, 0.3) is 0 Å². The van der Waals surface area contributed by atoms with Crippen molar-refractivity contribution in [3.05, 3.63) is 35.8 Å². The Kier molecular flexibility index (Phi) is 3.64. The number of hydrogen-bond donors (Lipinski definition) is 0. The summed E-state index contributed by atoms with van der Waals surface area (Å²) in [6.45, 7) is 1.84. The van der Waals surface area contributed by atoms with Gasteiger partial charge < -0.3 is 13.9 Å². The van der Waals surface area contributed by atoms with E-state index in [2.05, 4.69) is 19.7 Å². The summed E-state index contributed by atoms with van der Waals surface area (Å²) < 4.78 is 7.78. The quantitative estimate of drug-likeness (QED) is 0.861. The predicted molar refractivity (Wildman–Crippen MR) is 90.8 cm³/mol. The summed E-state index contributed by atoms with van der Waals surface area (Å²) in [7, 11) is 0. The summed E-state index contributed by atoms with van der Waals surface area (Å²) >= 11 is 0. The standard InChI is InChI=1S/C19H24N4O2/c24-19(14-12-13(14)16-7-5-11-25-16)22-10-4-6-15(22)18-21-20-17-8-2-1-3-9-23(17)18/h5,7,11,13-15H,1-4,6,8-10,12H2/t13-,14+,15+/m0/s1. The zero-order valence-corrected chi connectivity index (χ0v) is 14.4. The van der Waals surface area contributed by atoms with Crippen molar-refractivity contribution in [2.24, 2.45) is 5.92 Å². The van der Waals surface area contributed by atoms with Crippen LogP contribution in [0.25, 0.3) is 0 Å². The summed E-state index contributed by atoms with van der Waals surface area (Å²) in [6.07, 6.45) is 9.30. The molecule has 25 heavy (non-hydrogen) atoms. The van der Waals surface area contributed by atoms with Crippen LogP contribution in [0.2, 0.25) is 0 Å². The van der Waals surface area contributed by atoms with Gasteiger partial charge in [-0.3, -0.25) is 4.79 Å². The highest BCUT2D eigenvalue weighted by Crippen LogP contribution is 2.50. The molecule has 6 heteroatoms. The van der Waals surface area contributed by atoms with Crippen LogP contribution in [0.4, 0.5) is 0 Å². The summed E-state index contributed by atoms with van der Waals surface area (Å²) in [5, 5.41) is 8.93. The molecule has 0 spiro atoms. The number of aryl methyl sites for hydroxylation is 1. The lowest BCUT2D eigenvalue weighted by Crippen LogP contribution is -2.33. The number of aromatic nitrogens is 3. The van der Waals surface area contributed by atoms with Gasteiger partial charge in [-0.05, 0) is 44.2 Å². The lowest BCUT2D eigenvalue weighted by atomic mass is 10.1. The second-order valence-corrected chi connectivity index (χ2v) is 7.59. The molecule has 0 unspecified atom stereocenters. The first kappa shape index (κ1) is 15.2. The van der Waals surface area contributed by atoms with Crippen molar-refractivity contribution in [3.8, 4) is 0 Å². The maximum Gasteiger partial charge on any atom is 0.227 e. The van der Waals surface area contributed by atoms with Gasteiger partial charge in [-0.1, -0.05) is 6.42 Å². The van der Waals surface area contributed by atoms with Gasteiger partial charge in [0, 0.05) is 31.3 Å². The SMILES string of the molecule is O=C([C@@H]1C[C@@H]1c1ccco1)N1CCC[C@@H]1c1nnc2n1CCCCC2. The van der Waals surface area contributed by atoms with E-state index in [4.69, 9.17) is 4.42 Å². The smallest absolute Gasteiger partial charge is 0.227 e. The number of likely N-dealkylation sites (tertiary alicyclic amines) is 1. The fraction of sp³-hybridized carbons (Fsp3) is 0.632. The molecule has 2 aromatic heterocycles. The van der Waals surface area contributed by atoms with E-state index in [1.165, 1.54) is 19.3 Å². The van der Waals surface area contributed by atoms with Crippen molar-refractivity contribution in [1.82, 2.24) is 19.7 Å². The maximum atomic E-state index is 13.1. The van der Waals surface area contributed by atoms with Crippen LogP contribution in [-0.4, -0.2) is 32.1 Å². The summed E-state index contributed by atoms with van der Waals surface area (Å²) in [5.41, 5.74) is 0. The zero-order valence-electron chi connectivity index (χ0n) is 14.4. The third kappa shape index (κ3) is 2.58. The van der Waals surface area contributed by atoms with Crippen LogP contribution < -0.4 is 0 Å². The van der Waals surface area contributed by atoms with Crippen LogP contribution in [-0.2, 0) is 17.8 Å². The van der Waals surface area contributed by atoms with Crippen molar-refractivity contribution in [1.29, 1.82) is 0 Å². The summed E-state index contributed by atoms with van der Waals surface area (Å²) in [5.74, 6) is 3.68.